The summed E-state index contributed by atoms with van der Waals surface area (Å²) in [7, 11) is 0. The third-order valence-corrected chi connectivity index (χ3v) is 2.24. The molecule has 0 aromatic heterocycles. The molecule has 0 aromatic carbocycles. The Balaban J connectivity index is 4.10. The van der Waals surface area contributed by atoms with Gasteiger partial charge in [0.15, 0.2) is 6.29 Å². The molecular formula is C9H14I2O2. The first-order valence-corrected chi connectivity index (χ1v) is 6.64. The van der Waals surface area contributed by atoms with Gasteiger partial charge in [-0.25, -0.2) is 0 Å². The van der Waals surface area contributed by atoms with Crippen LogP contribution in [-0.2, 0) is 9.47 Å². The number of halogens is 2. The van der Waals surface area contributed by atoms with Crippen LogP contribution in [0.5, 0.6) is 0 Å². The third kappa shape index (κ3) is 6.94. The molecule has 0 amide bonds. The summed E-state index contributed by atoms with van der Waals surface area (Å²) in [4.78, 5) is 0. The standard InChI is InChI=1S/C9H14I2O2/c1-4-12-8(7-11)13-9(2,3)5-6-10/h8H,4,7H2,1-3H3. The summed E-state index contributed by atoms with van der Waals surface area (Å²) >= 11 is 4.25. The van der Waals surface area contributed by atoms with Crippen LogP contribution in [0.2, 0.25) is 0 Å². The number of alkyl halides is 1. The van der Waals surface area contributed by atoms with Gasteiger partial charge in [0.1, 0.15) is 5.60 Å². The van der Waals surface area contributed by atoms with Crippen LogP contribution in [0, 0.1) is 9.85 Å². The summed E-state index contributed by atoms with van der Waals surface area (Å²) in [6, 6.07) is 0. The average Bonchev–Trinajstić information content (AvgIpc) is 2.03. The number of rotatable bonds is 5. The summed E-state index contributed by atoms with van der Waals surface area (Å²) in [5.41, 5.74) is -0.424. The van der Waals surface area contributed by atoms with Gasteiger partial charge in [0.05, 0.1) is 4.43 Å². The largest absolute Gasteiger partial charge is 0.352 e. The van der Waals surface area contributed by atoms with Crippen LogP contribution in [-0.4, -0.2) is 22.9 Å². The lowest BCUT2D eigenvalue weighted by molar-refractivity contribution is -0.165. The average molecular weight is 408 g/mol. The van der Waals surface area contributed by atoms with Crippen molar-refractivity contribution in [2.45, 2.75) is 32.7 Å². The van der Waals surface area contributed by atoms with Crippen molar-refractivity contribution < 1.29 is 9.47 Å². The predicted octanol–water partition coefficient (Wildman–Crippen LogP) is 2.98. The highest BCUT2D eigenvalue weighted by atomic mass is 127. The number of hydrogen-bond acceptors (Lipinski definition) is 2. The Morgan fingerprint density at radius 2 is 2.08 bits per heavy atom. The van der Waals surface area contributed by atoms with Gasteiger partial charge in [-0.15, -0.1) is 0 Å². The number of ether oxygens (including phenoxy) is 2. The highest BCUT2D eigenvalue weighted by molar-refractivity contribution is 14.1. The van der Waals surface area contributed by atoms with Gasteiger partial charge in [-0.05, 0) is 24.7 Å². The summed E-state index contributed by atoms with van der Waals surface area (Å²) < 4.78 is 14.7. The van der Waals surface area contributed by atoms with Crippen LogP contribution in [0.1, 0.15) is 20.8 Å². The van der Waals surface area contributed by atoms with Gasteiger partial charge in [0, 0.05) is 29.2 Å². The quantitative estimate of drug-likeness (QED) is 0.302. The molecule has 0 aliphatic rings. The summed E-state index contributed by atoms with van der Waals surface area (Å²) in [6.07, 6.45) is -0.155. The lowest BCUT2D eigenvalue weighted by Gasteiger charge is -2.24. The topological polar surface area (TPSA) is 18.5 Å². The van der Waals surface area contributed by atoms with Crippen LogP contribution >= 0.6 is 45.2 Å². The normalized spacial score (nSPS) is 13.3. The van der Waals surface area contributed by atoms with Gasteiger partial charge in [-0.2, -0.15) is 0 Å². The Morgan fingerprint density at radius 1 is 1.46 bits per heavy atom. The fraction of sp³-hybridized carbons (Fsp3) is 0.778. The van der Waals surface area contributed by atoms with Crippen molar-refractivity contribution in [3.05, 3.63) is 0 Å². The molecule has 0 bridgehead atoms. The van der Waals surface area contributed by atoms with Crippen LogP contribution in [0.3, 0.4) is 0 Å². The SMILES string of the molecule is CCOC(CI)OC(C)(C)C#CI. The zero-order valence-corrected chi connectivity index (χ0v) is 12.4. The van der Waals surface area contributed by atoms with E-state index in [0.717, 1.165) is 4.43 Å². The second-order valence-electron chi connectivity index (χ2n) is 2.89. The molecule has 0 heterocycles. The molecule has 4 heteroatoms. The van der Waals surface area contributed by atoms with Gasteiger partial charge in [-0.1, -0.05) is 28.5 Å². The number of hydrogen-bond donors (Lipinski definition) is 0. The van der Waals surface area contributed by atoms with E-state index in [1.54, 1.807) is 0 Å². The Morgan fingerprint density at radius 3 is 2.46 bits per heavy atom. The minimum Gasteiger partial charge on any atom is -0.352 e. The van der Waals surface area contributed by atoms with E-state index >= 15 is 0 Å². The van der Waals surface area contributed by atoms with Crippen LogP contribution in [0.25, 0.3) is 0 Å². The molecule has 0 N–H and O–H groups in total. The van der Waals surface area contributed by atoms with E-state index in [1.165, 1.54) is 0 Å². The zero-order chi connectivity index (χ0) is 10.3. The van der Waals surface area contributed by atoms with E-state index in [9.17, 15) is 0 Å². The molecule has 76 valence electrons. The fourth-order valence-electron chi connectivity index (χ4n) is 0.768. The predicted molar refractivity (Wildman–Crippen MR) is 71.3 cm³/mol. The smallest absolute Gasteiger partial charge is 0.168 e. The van der Waals surface area contributed by atoms with E-state index in [2.05, 4.69) is 32.4 Å². The highest BCUT2D eigenvalue weighted by Gasteiger charge is 2.20. The molecule has 0 radical (unpaired) electrons. The molecule has 0 aliphatic carbocycles. The maximum Gasteiger partial charge on any atom is 0.168 e. The second-order valence-corrected chi connectivity index (χ2v) is 4.31. The van der Waals surface area contributed by atoms with E-state index in [-0.39, 0.29) is 6.29 Å². The molecule has 0 aromatic rings. The molecule has 2 nitrogen and oxygen atoms in total. The molecule has 0 saturated carbocycles. The Bertz CT molecular complexity index is 194. The van der Waals surface area contributed by atoms with E-state index in [0.29, 0.717) is 6.61 Å². The Hall–Kier alpha value is 0.940. The minimum absolute atomic E-state index is 0.155. The van der Waals surface area contributed by atoms with E-state index in [4.69, 9.17) is 9.47 Å². The maximum atomic E-state index is 5.66. The Labute approximate surface area is 107 Å². The van der Waals surface area contributed by atoms with Gasteiger partial charge in [0.2, 0.25) is 0 Å². The van der Waals surface area contributed by atoms with Crippen molar-refractivity contribution >= 4 is 45.2 Å². The van der Waals surface area contributed by atoms with Crippen molar-refractivity contribution in [2.24, 2.45) is 0 Å². The van der Waals surface area contributed by atoms with Crippen LogP contribution in [0.4, 0.5) is 0 Å². The second kappa shape index (κ2) is 7.26. The summed E-state index contributed by atoms with van der Waals surface area (Å²) in [6.45, 7) is 6.51. The fourth-order valence-corrected chi connectivity index (χ4v) is 1.85. The van der Waals surface area contributed by atoms with Crippen molar-refractivity contribution in [1.82, 2.24) is 0 Å². The third-order valence-electron chi connectivity index (χ3n) is 1.25. The van der Waals surface area contributed by atoms with Crippen molar-refractivity contribution in [3.63, 3.8) is 0 Å². The minimum atomic E-state index is -0.424. The molecule has 1 unspecified atom stereocenters. The van der Waals surface area contributed by atoms with Gasteiger partial charge in [0.25, 0.3) is 0 Å². The van der Waals surface area contributed by atoms with Crippen molar-refractivity contribution in [1.29, 1.82) is 0 Å². The van der Waals surface area contributed by atoms with Crippen LogP contribution in [0.15, 0.2) is 0 Å². The first-order chi connectivity index (χ1) is 6.05. The lowest BCUT2D eigenvalue weighted by Crippen LogP contribution is -2.31. The van der Waals surface area contributed by atoms with Gasteiger partial charge >= 0.3 is 0 Å². The first-order valence-electron chi connectivity index (χ1n) is 4.04. The summed E-state index contributed by atoms with van der Waals surface area (Å²) in [5.74, 6) is 2.98. The van der Waals surface area contributed by atoms with Gasteiger partial charge in [-0.3, -0.25) is 0 Å². The molecular weight excluding hydrogens is 394 g/mol. The zero-order valence-electron chi connectivity index (χ0n) is 8.06. The molecule has 0 fully saturated rings. The van der Waals surface area contributed by atoms with Crippen molar-refractivity contribution in [2.75, 3.05) is 11.0 Å². The summed E-state index contributed by atoms with van der Waals surface area (Å²) in [5, 5.41) is 0. The Kier molecular flexibility index (Phi) is 7.79. The highest BCUT2D eigenvalue weighted by Crippen LogP contribution is 2.14. The lowest BCUT2D eigenvalue weighted by atomic mass is 10.1. The molecule has 13 heavy (non-hydrogen) atoms. The van der Waals surface area contributed by atoms with Crippen LogP contribution < -0.4 is 0 Å². The van der Waals surface area contributed by atoms with Crippen molar-refractivity contribution in [3.8, 4) is 9.85 Å². The van der Waals surface area contributed by atoms with E-state index in [1.807, 2.05) is 43.4 Å². The first kappa shape index (κ1) is 13.9. The molecule has 0 rings (SSSR count). The maximum absolute atomic E-state index is 5.66. The monoisotopic (exact) mass is 408 g/mol. The molecule has 0 aliphatic heterocycles. The van der Waals surface area contributed by atoms with Gasteiger partial charge < -0.3 is 9.47 Å². The molecule has 1 atom stereocenters. The molecule has 0 saturated heterocycles. The molecule has 0 spiro atoms. The van der Waals surface area contributed by atoms with E-state index < -0.39 is 5.60 Å².